The van der Waals surface area contributed by atoms with Crippen LogP contribution in [0.2, 0.25) is 0 Å². The van der Waals surface area contributed by atoms with Gasteiger partial charge >= 0.3 is 0 Å². The first-order valence-corrected chi connectivity index (χ1v) is 11.9. The highest BCUT2D eigenvalue weighted by molar-refractivity contribution is 7.89. The van der Waals surface area contributed by atoms with Gasteiger partial charge in [-0.2, -0.15) is 9.40 Å². The number of hydrogen-bond acceptors (Lipinski definition) is 5. The van der Waals surface area contributed by atoms with Gasteiger partial charge < -0.3 is 10.4 Å². The Balaban J connectivity index is 1.46. The van der Waals surface area contributed by atoms with E-state index in [2.05, 4.69) is 22.4 Å². The number of piperidine rings is 1. The number of hydrogen-bond donors (Lipinski definition) is 3. The maximum Gasteiger partial charge on any atom is 0.273 e. The summed E-state index contributed by atoms with van der Waals surface area (Å²) in [6.07, 6.45) is 1.90. The van der Waals surface area contributed by atoms with Crippen LogP contribution in [0.5, 0.6) is 5.75 Å². The number of H-pyrrole nitrogens is 1. The Morgan fingerprint density at radius 3 is 2.62 bits per heavy atom. The predicted octanol–water partition coefficient (Wildman–Crippen LogP) is 3.76. The van der Waals surface area contributed by atoms with Crippen molar-refractivity contribution >= 4 is 21.6 Å². The molecule has 0 saturated carbocycles. The summed E-state index contributed by atoms with van der Waals surface area (Å²) < 4.78 is 27.3. The molecule has 1 aromatic heterocycles. The lowest BCUT2D eigenvalue weighted by molar-refractivity contribution is 0.102. The van der Waals surface area contributed by atoms with Crippen molar-refractivity contribution in [2.75, 3.05) is 18.4 Å². The number of benzene rings is 2. The Bertz CT molecular complexity index is 1240. The number of sulfonamides is 1. The third kappa shape index (κ3) is 4.53. The largest absolute Gasteiger partial charge is 0.507 e. The SMILES string of the molecule is Cc1ccc(-c2cc(C(=O)Nc3ccc(S(=O)(=O)N4CCC[C@H](C)C4)cc3)[nH]n2)c(O)c1. The predicted molar refractivity (Wildman–Crippen MR) is 122 cm³/mol. The van der Waals surface area contributed by atoms with Crippen LogP contribution in [-0.2, 0) is 10.0 Å². The van der Waals surface area contributed by atoms with Gasteiger partial charge in [-0.15, -0.1) is 0 Å². The number of rotatable bonds is 5. The van der Waals surface area contributed by atoms with E-state index in [-0.39, 0.29) is 16.3 Å². The molecule has 0 radical (unpaired) electrons. The molecule has 2 heterocycles. The van der Waals surface area contributed by atoms with Gasteiger partial charge in [-0.3, -0.25) is 9.89 Å². The molecule has 0 unspecified atom stereocenters. The summed E-state index contributed by atoms with van der Waals surface area (Å²) >= 11 is 0. The molecule has 4 rings (SSSR count). The number of phenols is 1. The van der Waals surface area contributed by atoms with Gasteiger partial charge in [-0.05, 0) is 73.7 Å². The molecular formula is C23H26N4O4S. The summed E-state index contributed by atoms with van der Waals surface area (Å²) in [6.45, 7) is 4.99. The first-order chi connectivity index (χ1) is 15.2. The summed E-state index contributed by atoms with van der Waals surface area (Å²) in [5.41, 5.74) is 2.58. The van der Waals surface area contributed by atoms with Crippen molar-refractivity contribution in [3.63, 3.8) is 0 Å². The van der Waals surface area contributed by atoms with Crippen LogP contribution in [0.4, 0.5) is 5.69 Å². The van der Waals surface area contributed by atoms with Crippen LogP contribution >= 0.6 is 0 Å². The van der Waals surface area contributed by atoms with Crippen LogP contribution in [0.1, 0.15) is 35.8 Å². The quantitative estimate of drug-likeness (QED) is 0.543. The molecule has 1 aliphatic heterocycles. The molecule has 1 amide bonds. The lowest BCUT2D eigenvalue weighted by atomic mass is 10.0. The molecule has 9 heteroatoms. The highest BCUT2D eigenvalue weighted by Gasteiger charge is 2.28. The Kier molecular flexibility index (Phi) is 6.03. The Morgan fingerprint density at radius 2 is 1.94 bits per heavy atom. The third-order valence-corrected chi connectivity index (χ3v) is 7.50. The number of anilines is 1. The second kappa shape index (κ2) is 8.76. The van der Waals surface area contributed by atoms with Gasteiger partial charge in [0.1, 0.15) is 11.4 Å². The van der Waals surface area contributed by atoms with Crippen molar-refractivity contribution in [2.24, 2.45) is 5.92 Å². The highest BCUT2D eigenvalue weighted by atomic mass is 32.2. The van der Waals surface area contributed by atoms with Crippen LogP contribution in [0.15, 0.2) is 53.4 Å². The van der Waals surface area contributed by atoms with E-state index in [1.54, 1.807) is 30.3 Å². The highest BCUT2D eigenvalue weighted by Crippen LogP contribution is 2.29. The Hall–Kier alpha value is -3.17. The average molecular weight is 455 g/mol. The Labute approximate surface area is 187 Å². The fourth-order valence-electron chi connectivity index (χ4n) is 3.86. The number of amides is 1. The number of aromatic nitrogens is 2. The molecule has 1 saturated heterocycles. The molecule has 1 fully saturated rings. The zero-order valence-corrected chi connectivity index (χ0v) is 18.8. The third-order valence-electron chi connectivity index (χ3n) is 5.62. The van der Waals surface area contributed by atoms with Crippen molar-refractivity contribution in [3.8, 4) is 17.0 Å². The number of aromatic amines is 1. The molecule has 3 N–H and O–H groups in total. The number of nitrogens with zero attached hydrogens (tertiary/aromatic N) is 2. The van der Waals surface area contributed by atoms with Crippen LogP contribution in [-0.4, -0.2) is 47.0 Å². The molecule has 1 aliphatic rings. The summed E-state index contributed by atoms with van der Waals surface area (Å²) in [4.78, 5) is 12.8. The fourth-order valence-corrected chi connectivity index (χ4v) is 5.45. The molecule has 3 aromatic rings. The molecule has 168 valence electrons. The van der Waals surface area contributed by atoms with Gasteiger partial charge in [-0.1, -0.05) is 13.0 Å². The summed E-state index contributed by atoms with van der Waals surface area (Å²) in [6, 6.07) is 12.9. The number of nitrogens with one attached hydrogen (secondary N) is 2. The number of phenolic OH excluding ortho intramolecular Hbond substituents is 1. The molecule has 8 nitrogen and oxygen atoms in total. The van der Waals surface area contributed by atoms with Crippen molar-refractivity contribution < 1.29 is 18.3 Å². The second-order valence-electron chi connectivity index (χ2n) is 8.28. The normalized spacial score (nSPS) is 17.2. The van der Waals surface area contributed by atoms with Gasteiger partial charge in [0.25, 0.3) is 5.91 Å². The smallest absolute Gasteiger partial charge is 0.273 e. The minimum absolute atomic E-state index is 0.0864. The molecule has 32 heavy (non-hydrogen) atoms. The molecule has 2 aromatic carbocycles. The van der Waals surface area contributed by atoms with Gasteiger partial charge in [0, 0.05) is 24.3 Å². The van der Waals surface area contributed by atoms with E-state index in [0.29, 0.717) is 36.0 Å². The monoisotopic (exact) mass is 454 g/mol. The van der Waals surface area contributed by atoms with Crippen molar-refractivity contribution in [2.45, 2.75) is 31.6 Å². The molecule has 0 spiro atoms. The number of aryl methyl sites for hydroxylation is 1. The minimum atomic E-state index is -3.55. The maximum absolute atomic E-state index is 12.9. The van der Waals surface area contributed by atoms with E-state index in [4.69, 9.17) is 0 Å². The minimum Gasteiger partial charge on any atom is -0.507 e. The summed E-state index contributed by atoms with van der Waals surface area (Å²) in [5.74, 6) is 0.0115. The van der Waals surface area contributed by atoms with Crippen LogP contribution in [0, 0.1) is 12.8 Å². The van der Waals surface area contributed by atoms with E-state index in [9.17, 15) is 18.3 Å². The molecule has 0 bridgehead atoms. The zero-order valence-electron chi connectivity index (χ0n) is 18.0. The second-order valence-corrected chi connectivity index (χ2v) is 10.2. The standard InChI is InChI=1S/C23H26N4O4S/c1-15-5-10-19(22(28)12-15)20-13-21(26-25-20)23(29)24-17-6-8-18(9-7-17)32(30,31)27-11-3-4-16(2)14-27/h5-10,12-13,16,28H,3-4,11,14H2,1-2H3,(H,24,29)(H,25,26)/t16-/m0/s1. The van der Waals surface area contributed by atoms with E-state index < -0.39 is 15.9 Å². The molecule has 1 atom stereocenters. The lowest BCUT2D eigenvalue weighted by Gasteiger charge is -2.30. The first kappa shape index (κ1) is 22.0. The first-order valence-electron chi connectivity index (χ1n) is 10.5. The van der Waals surface area contributed by atoms with Gasteiger partial charge in [0.05, 0.1) is 10.6 Å². The molecule has 0 aliphatic carbocycles. The van der Waals surface area contributed by atoms with Crippen LogP contribution in [0.3, 0.4) is 0 Å². The number of carbonyl (C=O) groups is 1. The summed E-state index contributed by atoms with van der Waals surface area (Å²) in [5, 5.41) is 19.6. The van der Waals surface area contributed by atoms with Crippen molar-refractivity contribution in [1.82, 2.24) is 14.5 Å². The lowest BCUT2D eigenvalue weighted by Crippen LogP contribution is -2.39. The number of aromatic hydroxyl groups is 1. The van der Waals surface area contributed by atoms with Gasteiger partial charge in [-0.25, -0.2) is 8.42 Å². The van der Waals surface area contributed by atoms with Crippen molar-refractivity contribution in [3.05, 3.63) is 59.8 Å². The zero-order chi connectivity index (χ0) is 22.9. The van der Waals surface area contributed by atoms with Gasteiger partial charge in [0.2, 0.25) is 10.0 Å². The maximum atomic E-state index is 12.9. The van der Waals surface area contributed by atoms with Gasteiger partial charge in [0.15, 0.2) is 0 Å². The van der Waals surface area contributed by atoms with Crippen molar-refractivity contribution in [1.29, 1.82) is 0 Å². The average Bonchev–Trinajstić information content (AvgIpc) is 3.24. The summed E-state index contributed by atoms with van der Waals surface area (Å²) in [7, 11) is -3.55. The van der Waals surface area contributed by atoms with E-state index >= 15 is 0 Å². The van der Waals surface area contributed by atoms with Crippen LogP contribution < -0.4 is 5.32 Å². The van der Waals surface area contributed by atoms with E-state index in [1.807, 2.05) is 13.0 Å². The van der Waals surface area contributed by atoms with Crippen LogP contribution in [0.25, 0.3) is 11.3 Å². The fraction of sp³-hybridized carbons (Fsp3) is 0.304. The van der Waals surface area contributed by atoms with E-state index in [1.165, 1.54) is 16.4 Å². The Morgan fingerprint density at radius 1 is 1.19 bits per heavy atom. The van der Waals surface area contributed by atoms with E-state index in [0.717, 1.165) is 18.4 Å². The molecular weight excluding hydrogens is 428 g/mol. The topological polar surface area (TPSA) is 115 Å². The number of carbonyl (C=O) groups excluding carboxylic acids is 1.